The van der Waals surface area contributed by atoms with Gasteiger partial charge in [-0.25, -0.2) is 5.48 Å². The molecule has 0 aliphatic heterocycles. The average Bonchev–Trinajstić information content (AvgIpc) is 1.94. The summed E-state index contributed by atoms with van der Waals surface area (Å²) in [5.41, 5.74) is 2.43. The largest absolute Gasteiger partial charge is 0.305 e. The van der Waals surface area contributed by atoms with Gasteiger partial charge >= 0.3 is 0 Å². The summed E-state index contributed by atoms with van der Waals surface area (Å²) in [4.78, 5) is 4.29. The average molecular weight is 135 g/mol. The molecule has 0 bridgehead atoms. The number of nitrogens with one attached hydrogen (secondary N) is 1. The van der Waals surface area contributed by atoms with Crippen molar-refractivity contribution in [1.82, 2.24) is 5.48 Å². The number of rotatable bonds is 1. The Bertz CT molecular complexity index is 16.4. The first-order valence-electron chi connectivity index (χ1n) is 3.53. The quantitative estimate of drug-likeness (QED) is 0.557. The first kappa shape index (κ1) is 16.0. The van der Waals surface area contributed by atoms with Crippen LogP contribution in [0.3, 0.4) is 0 Å². The topological polar surface area (TPSA) is 21.3 Å². The van der Waals surface area contributed by atoms with Crippen molar-refractivity contribution in [2.24, 2.45) is 0 Å². The van der Waals surface area contributed by atoms with Gasteiger partial charge in [0.15, 0.2) is 0 Å². The maximum absolute atomic E-state index is 4.29. The van der Waals surface area contributed by atoms with Crippen LogP contribution in [0.1, 0.15) is 34.1 Å². The lowest BCUT2D eigenvalue weighted by atomic mass is 10.6. The van der Waals surface area contributed by atoms with Crippen LogP contribution in [0.15, 0.2) is 0 Å². The minimum Gasteiger partial charge on any atom is -0.305 e. The second-order valence-corrected chi connectivity index (χ2v) is 1.12. The van der Waals surface area contributed by atoms with Gasteiger partial charge in [0.25, 0.3) is 0 Å². The minimum atomic E-state index is 1.25. The summed E-state index contributed by atoms with van der Waals surface area (Å²) >= 11 is 0. The highest BCUT2D eigenvalue weighted by atomic mass is 16.6. The van der Waals surface area contributed by atoms with Crippen molar-refractivity contribution >= 4 is 0 Å². The van der Waals surface area contributed by atoms with Crippen LogP contribution >= 0.6 is 0 Å². The smallest absolute Gasteiger partial charge is 0.0572 e. The molecule has 0 aliphatic carbocycles. The Morgan fingerprint density at radius 2 is 1.33 bits per heavy atom. The molecule has 0 radical (unpaired) electrons. The highest BCUT2D eigenvalue weighted by molar-refractivity contribution is 3.92. The highest BCUT2D eigenvalue weighted by Crippen LogP contribution is 1.56. The Hall–Kier alpha value is -0.0800. The monoisotopic (exact) mass is 135 g/mol. The van der Waals surface area contributed by atoms with E-state index >= 15 is 0 Å². The SMILES string of the molecule is CC.CCC.CNOC. The number of hydroxylamine groups is 1. The van der Waals surface area contributed by atoms with E-state index in [1.807, 2.05) is 13.8 Å². The van der Waals surface area contributed by atoms with Crippen LogP contribution in [0.25, 0.3) is 0 Å². The Labute approximate surface area is 59.6 Å². The minimum absolute atomic E-state index is 1.25. The third-order valence-electron chi connectivity index (χ3n) is 0.204. The van der Waals surface area contributed by atoms with E-state index in [9.17, 15) is 0 Å². The molecule has 9 heavy (non-hydrogen) atoms. The lowest BCUT2D eigenvalue weighted by molar-refractivity contribution is 0.112. The normalized spacial score (nSPS) is 6.00. The van der Waals surface area contributed by atoms with Crippen molar-refractivity contribution in [3.63, 3.8) is 0 Å². The molecule has 0 unspecified atom stereocenters. The zero-order valence-electron chi connectivity index (χ0n) is 7.62. The Morgan fingerprint density at radius 3 is 1.33 bits per heavy atom. The third-order valence-corrected chi connectivity index (χ3v) is 0.204. The zero-order valence-corrected chi connectivity index (χ0v) is 7.62. The fraction of sp³-hybridized carbons (Fsp3) is 1.00. The van der Waals surface area contributed by atoms with Gasteiger partial charge in [0, 0.05) is 7.05 Å². The standard InChI is InChI=1S/C3H8.C2H7NO.C2H6/c1-3-2;1-3-4-2;1-2/h3H2,1-2H3;3H,1-2H3;1-2H3. The van der Waals surface area contributed by atoms with E-state index in [0.717, 1.165) is 0 Å². The molecule has 0 atom stereocenters. The van der Waals surface area contributed by atoms with Crippen LogP contribution in [0, 0.1) is 0 Å². The summed E-state index contributed by atoms with van der Waals surface area (Å²) in [5.74, 6) is 0. The van der Waals surface area contributed by atoms with Crippen LogP contribution in [-0.4, -0.2) is 14.2 Å². The summed E-state index contributed by atoms with van der Waals surface area (Å²) in [5, 5.41) is 0. The van der Waals surface area contributed by atoms with E-state index in [0.29, 0.717) is 0 Å². The molecule has 60 valence electrons. The van der Waals surface area contributed by atoms with Gasteiger partial charge in [-0.1, -0.05) is 34.1 Å². The fourth-order valence-corrected chi connectivity index (χ4v) is 0. The molecule has 0 saturated carbocycles. The molecule has 2 nitrogen and oxygen atoms in total. The molecule has 1 N–H and O–H groups in total. The highest BCUT2D eigenvalue weighted by Gasteiger charge is 1.45. The summed E-state index contributed by atoms with van der Waals surface area (Å²) in [6.07, 6.45) is 1.25. The van der Waals surface area contributed by atoms with Crippen LogP contribution in [0.4, 0.5) is 0 Å². The lowest BCUT2D eigenvalue weighted by Crippen LogP contribution is -2.00. The molecular weight excluding hydrogens is 114 g/mol. The van der Waals surface area contributed by atoms with Crippen molar-refractivity contribution in [2.45, 2.75) is 34.1 Å². The van der Waals surface area contributed by atoms with Crippen molar-refractivity contribution in [3.05, 3.63) is 0 Å². The molecule has 0 rings (SSSR count). The van der Waals surface area contributed by atoms with E-state index in [1.54, 1.807) is 14.2 Å². The van der Waals surface area contributed by atoms with Gasteiger partial charge in [-0.05, 0) is 0 Å². The van der Waals surface area contributed by atoms with Gasteiger partial charge in [-0.2, -0.15) is 0 Å². The molecule has 0 amide bonds. The van der Waals surface area contributed by atoms with Crippen LogP contribution in [0.5, 0.6) is 0 Å². The van der Waals surface area contributed by atoms with Crippen LogP contribution < -0.4 is 5.48 Å². The molecule has 0 saturated heterocycles. The van der Waals surface area contributed by atoms with Crippen molar-refractivity contribution in [2.75, 3.05) is 14.2 Å². The first-order valence-corrected chi connectivity index (χ1v) is 3.53. The Balaban J connectivity index is -0.0000000646. The summed E-state index contributed by atoms with van der Waals surface area (Å²) in [6, 6.07) is 0. The predicted molar refractivity (Wildman–Crippen MR) is 43.4 cm³/mol. The molecule has 0 fully saturated rings. The van der Waals surface area contributed by atoms with Crippen LogP contribution in [-0.2, 0) is 4.84 Å². The molecule has 0 heterocycles. The van der Waals surface area contributed by atoms with Gasteiger partial charge in [0.05, 0.1) is 7.11 Å². The van der Waals surface area contributed by atoms with Crippen molar-refractivity contribution in [1.29, 1.82) is 0 Å². The van der Waals surface area contributed by atoms with Gasteiger partial charge in [0.2, 0.25) is 0 Å². The van der Waals surface area contributed by atoms with E-state index in [4.69, 9.17) is 0 Å². The first-order chi connectivity index (χ1) is 4.33. The second kappa shape index (κ2) is 44.5. The molecule has 0 spiro atoms. The van der Waals surface area contributed by atoms with Gasteiger partial charge in [-0.15, -0.1) is 0 Å². The van der Waals surface area contributed by atoms with E-state index in [-0.39, 0.29) is 0 Å². The lowest BCUT2D eigenvalue weighted by Gasteiger charge is -1.80. The summed E-state index contributed by atoms with van der Waals surface area (Å²) < 4.78 is 0. The Kier molecular flexibility index (Phi) is 78.9. The fourth-order valence-electron chi connectivity index (χ4n) is 0. The second-order valence-electron chi connectivity index (χ2n) is 1.12. The maximum Gasteiger partial charge on any atom is 0.0572 e. The molecule has 0 aliphatic rings. The van der Waals surface area contributed by atoms with E-state index in [1.165, 1.54) is 6.42 Å². The number of hydrogen-bond acceptors (Lipinski definition) is 2. The van der Waals surface area contributed by atoms with Crippen molar-refractivity contribution in [3.8, 4) is 0 Å². The van der Waals surface area contributed by atoms with E-state index in [2.05, 4.69) is 24.2 Å². The summed E-state index contributed by atoms with van der Waals surface area (Å²) in [7, 11) is 3.28. The molecule has 2 heteroatoms. The molecular formula is C7H21NO. The zero-order chi connectivity index (χ0) is 8.12. The predicted octanol–water partition coefficient (Wildman–Crippen LogP) is 2.21. The summed E-state index contributed by atoms with van der Waals surface area (Å²) in [6.45, 7) is 8.25. The van der Waals surface area contributed by atoms with Gasteiger partial charge in [0.1, 0.15) is 0 Å². The van der Waals surface area contributed by atoms with Crippen molar-refractivity contribution < 1.29 is 4.84 Å². The maximum atomic E-state index is 4.29. The number of hydrogen-bond donors (Lipinski definition) is 1. The van der Waals surface area contributed by atoms with Gasteiger partial charge in [-0.3, -0.25) is 0 Å². The van der Waals surface area contributed by atoms with Crippen LogP contribution in [0.2, 0.25) is 0 Å². The van der Waals surface area contributed by atoms with E-state index < -0.39 is 0 Å². The molecule has 0 aromatic heterocycles. The van der Waals surface area contributed by atoms with Gasteiger partial charge < -0.3 is 4.84 Å². The molecule has 0 aromatic carbocycles. The third kappa shape index (κ3) is 328. The Morgan fingerprint density at radius 1 is 1.22 bits per heavy atom. The molecule has 0 aromatic rings.